The second-order valence-electron chi connectivity index (χ2n) is 4.38. The van der Waals surface area contributed by atoms with Crippen molar-refractivity contribution in [3.63, 3.8) is 0 Å². The molecule has 0 aliphatic rings. The molecule has 5 nitrogen and oxygen atoms in total. The Morgan fingerprint density at radius 2 is 2.05 bits per heavy atom. The van der Waals surface area contributed by atoms with Gasteiger partial charge in [0, 0.05) is 34.2 Å². The summed E-state index contributed by atoms with van der Waals surface area (Å²) in [4.78, 5) is 15.3. The lowest BCUT2D eigenvalue weighted by Crippen LogP contribution is -2.05. The summed E-state index contributed by atoms with van der Waals surface area (Å²) in [5.74, 6) is -0.0869. The summed E-state index contributed by atoms with van der Waals surface area (Å²) in [6.07, 6.45) is 1.73. The van der Waals surface area contributed by atoms with E-state index in [4.69, 9.17) is 0 Å². The largest absolute Gasteiger partial charge is 0.326 e. The van der Waals surface area contributed by atoms with Crippen LogP contribution >= 0.6 is 15.9 Å². The number of pyridine rings is 1. The highest BCUT2D eigenvalue weighted by Crippen LogP contribution is 2.28. The minimum Gasteiger partial charge on any atom is -0.326 e. The predicted molar refractivity (Wildman–Crippen MR) is 81.3 cm³/mol. The Balaban J connectivity index is 2.02. The molecule has 6 heteroatoms. The molecule has 0 unspecified atom stereocenters. The third-order valence-corrected chi connectivity index (χ3v) is 3.30. The van der Waals surface area contributed by atoms with Crippen molar-refractivity contribution in [1.29, 1.82) is 0 Å². The van der Waals surface area contributed by atoms with E-state index in [1.54, 1.807) is 6.20 Å². The summed E-state index contributed by atoms with van der Waals surface area (Å²) in [6.45, 7) is 1.48. The number of fused-ring (bicyclic) bond motifs is 1. The first-order valence-corrected chi connectivity index (χ1v) is 6.80. The summed E-state index contributed by atoms with van der Waals surface area (Å²) in [6, 6.07) is 9.51. The van der Waals surface area contributed by atoms with Gasteiger partial charge in [0.1, 0.15) is 5.69 Å². The van der Waals surface area contributed by atoms with E-state index in [2.05, 4.69) is 36.4 Å². The van der Waals surface area contributed by atoms with Crippen LogP contribution < -0.4 is 5.32 Å². The van der Waals surface area contributed by atoms with Crippen LogP contribution in [0.1, 0.15) is 6.92 Å². The molecular weight excluding hydrogens is 320 g/mol. The third-order valence-electron chi connectivity index (χ3n) is 2.86. The maximum absolute atomic E-state index is 11.0. The van der Waals surface area contributed by atoms with E-state index in [-0.39, 0.29) is 5.91 Å². The maximum Gasteiger partial charge on any atom is 0.221 e. The number of H-pyrrole nitrogens is 1. The monoisotopic (exact) mass is 330 g/mol. The fourth-order valence-corrected chi connectivity index (χ4v) is 2.34. The molecule has 100 valence electrons. The Bertz CT molecular complexity index is 779. The normalized spacial score (nSPS) is 10.7. The van der Waals surface area contributed by atoms with Crippen molar-refractivity contribution >= 4 is 38.6 Å². The number of benzene rings is 1. The number of nitrogens with zero attached hydrogens (tertiary/aromatic N) is 2. The third kappa shape index (κ3) is 2.42. The Labute approximate surface area is 123 Å². The van der Waals surface area contributed by atoms with Crippen LogP contribution in [0.5, 0.6) is 0 Å². The summed E-state index contributed by atoms with van der Waals surface area (Å²) in [5, 5.41) is 10.9. The molecule has 20 heavy (non-hydrogen) atoms. The smallest absolute Gasteiger partial charge is 0.221 e. The van der Waals surface area contributed by atoms with Crippen LogP contribution in [0.25, 0.3) is 22.3 Å². The van der Waals surface area contributed by atoms with Crippen LogP contribution in [0.2, 0.25) is 0 Å². The molecule has 1 aromatic carbocycles. The SMILES string of the molecule is CC(=O)Nc1ccc(-c2n[nH]c3ncc(Br)cc23)cc1. The van der Waals surface area contributed by atoms with Crippen molar-refractivity contribution in [3.05, 3.63) is 41.0 Å². The molecule has 0 aliphatic carbocycles. The van der Waals surface area contributed by atoms with Crippen LogP contribution in [0.4, 0.5) is 5.69 Å². The lowest BCUT2D eigenvalue weighted by Gasteiger charge is -2.03. The lowest BCUT2D eigenvalue weighted by atomic mass is 10.1. The second-order valence-corrected chi connectivity index (χ2v) is 5.30. The second kappa shape index (κ2) is 5.05. The van der Waals surface area contributed by atoms with Crippen molar-refractivity contribution in [1.82, 2.24) is 15.2 Å². The number of amides is 1. The molecule has 0 fully saturated rings. The first-order valence-electron chi connectivity index (χ1n) is 6.01. The number of hydrogen-bond acceptors (Lipinski definition) is 3. The average Bonchev–Trinajstić information content (AvgIpc) is 2.82. The van der Waals surface area contributed by atoms with Crippen molar-refractivity contribution in [2.24, 2.45) is 0 Å². The minimum absolute atomic E-state index is 0.0869. The van der Waals surface area contributed by atoms with E-state index in [1.807, 2.05) is 30.3 Å². The predicted octanol–water partition coefficient (Wildman–Crippen LogP) is 3.35. The van der Waals surface area contributed by atoms with Gasteiger partial charge >= 0.3 is 0 Å². The fourth-order valence-electron chi connectivity index (χ4n) is 2.01. The van der Waals surface area contributed by atoms with Crippen molar-refractivity contribution in [3.8, 4) is 11.3 Å². The van der Waals surface area contributed by atoms with Gasteiger partial charge in [-0.15, -0.1) is 0 Å². The molecule has 1 amide bonds. The van der Waals surface area contributed by atoms with Crippen LogP contribution in [0.3, 0.4) is 0 Å². The van der Waals surface area contributed by atoms with Crippen molar-refractivity contribution in [2.75, 3.05) is 5.32 Å². The zero-order valence-corrected chi connectivity index (χ0v) is 12.2. The van der Waals surface area contributed by atoms with Gasteiger partial charge in [-0.3, -0.25) is 9.89 Å². The highest BCUT2D eigenvalue weighted by molar-refractivity contribution is 9.10. The standard InChI is InChI=1S/C14H11BrN4O/c1-8(20)17-11-4-2-9(3-5-11)13-12-6-10(15)7-16-14(12)19-18-13/h2-7H,1H3,(H,17,20)(H,16,18,19). The Morgan fingerprint density at radius 1 is 1.30 bits per heavy atom. The average molecular weight is 331 g/mol. The van der Waals surface area contributed by atoms with Gasteiger partial charge in [-0.2, -0.15) is 5.10 Å². The van der Waals surface area contributed by atoms with Gasteiger partial charge in [0.2, 0.25) is 5.91 Å². The molecule has 0 radical (unpaired) electrons. The van der Waals surface area contributed by atoms with Gasteiger partial charge in [0.15, 0.2) is 5.65 Å². The van der Waals surface area contributed by atoms with E-state index in [1.165, 1.54) is 6.92 Å². The van der Waals surface area contributed by atoms with E-state index >= 15 is 0 Å². The zero-order valence-electron chi connectivity index (χ0n) is 10.6. The van der Waals surface area contributed by atoms with E-state index in [0.29, 0.717) is 0 Å². The van der Waals surface area contributed by atoms with Crippen LogP contribution in [0.15, 0.2) is 41.0 Å². The molecule has 0 spiro atoms. The lowest BCUT2D eigenvalue weighted by molar-refractivity contribution is -0.114. The van der Waals surface area contributed by atoms with Gasteiger partial charge in [-0.25, -0.2) is 4.98 Å². The van der Waals surface area contributed by atoms with Crippen molar-refractivity contribution in [2.45, 2.75) is 6.92 Å². The fraction of sp³-hybridized carbons (Fsp3) is 0.0714. The van der Waals surface area contributed by atoms with Gasteiger partial charge < -0.3 is 5.32 Å². The van der Waals surface area contributed by atoms with Crippen LogP contribution in [-0.2, 0) is 4.79 Å². The van der Waals surface area contributed by atoms with Gasteiger partial charge in [0.25, 0.3) is 0 Å². The minimum atomic E-state index is -0.0869. The van der Waals surface area contributed by atoms with E-state index < -0.39 is 0 Å². The molecule has 0 aliphatic heterocycles. The summed E-state index contributed by atoms with van der Waals surface area (Å²) in [5.41, 5.74) is 3.31. The first-order chi connectivity index (χ1) is 9.63. The highest BCUT2D eigenvalue weighted by Gasteiger charge is 2.09. The topological polar surface area (TPSA) is 70.7 Å². The summed E-state index contributed by atoms with van der Waals surface area (Å²) in [7, 11) is 0. The zero-order chi connectivity index (χ0) is 14.1. The molecule has 0 bridgehead atoms. The number of carbonyl (C=O) groups excluding carboxylic acids is 1. The van der Waals surface area contributed by atoms with Crippen molar-refractivity contribution < 1.29 is 4.79 Å². The van der Waals surface area contributed by atoms with E-state index in [9.17, 15) is 4.79 Å². The molecule has 2 N–H and O–H groups in total. The van der Waals surface area contributed by atoms with Crippen LogP contribution in [-0.4, -0.2) is 21.1 Å². The molecule has 3 aromatic rings. The molecule has 3 rings (SSSR count). The van der Waals surface area contributed by atoms with E-state index in [0.717, 1.165) is 32.5 Å². The van der Waals surface area contributed by atoms with Crippen LogP contribution in [0, 0.1) is 0 Å². The number of carbonyl (C=O) groups is 1. The number of nitrogens with one attached hydrogen (secondary N) is 2. The summed E-state index contributed by atoms with van der Waals surface area (Å²) < 4.78 is 0.905. The molecular formula is C14H11BrN4O. The first kappa shape index (κ1) is 12.8. The van der Waals surface area contributed by atoms with Gasteiger partial charge in [-0.1, -0.05) is 12.1 Å². The Morgan fingerprint density at radius 3 is 2.75 bits per heavy atom. The number of rotatable bonds is 2. The maximum atomic E-state index is 11.0. The number of aromatic amines is 1. The summed E-state index contributed by atoms with van der Waals surface area (Å²) >= 11 is 3.41. The highest BCUT2D eigenvalue weighted by atomic mass is 79.9. The number of anilines is 1. The number of hydrogen-bond donors (Lipinski definition) is 2. The molecule has 0 atom stereocenters. The molecule has 0 saturated heterocycles. The molecule has 0 saturated carbocycles. The van der Waals surface area contributed by atoms with Gasteiger partial charge in [0.05, 0.1) is 0 Å². The number of aromatic nitrogens is 3. The number of halogens is 1. The Hall–Kier alpha value is -2.21. The Kier molecular flexibility index (Phi) is 3.23. The van der Waals surface area contributed by atoms with Gasteiger partial charge in [-0.05, 0) is 34.1 Å². The molecule has 2 aromatic heterocycles. The quantitative estimate of drug-likeness (QED) is 0.756. The molecule has 2 heterocycles.